The number of amides is 2. The lowest BCUT2D eigenvalue weighted by Crippen LogP contribution is -2.37. The second-order valence-corrected chi connectivity index (χ2v) is 7.23. The molecule has 0 spiro atoms. The van der Waals surface area contributed by atoms with Crippen molar-refractivity contribution < 1.29 is 19.1 Å². The van der Waals surface area contributed by atoms with Gasteiger partial charge in [0.2, 0.25) is 11.8 Å². The van der Waals surface area contributed by atoms with Crippen LogP contribution in [0.15, 0.2) is 61.2 Å². The maximum Gasteiger partial charge on any atom is 0.228 e. The van der Waals surface area contributed by atoms with Gasteiger partial charge < -0.3 is 19.3 Å². The SMILES string of the molecule is C=CCN(Cc1ccccc1)C(=O)C1CC(=O)N(c2ccc3c(c2)OCCO3)C1. The Morgan fingerprint density at radius 1 is 1.14 bits per heavy atom. The first kappa shape index (κ1) is 19.1. The quantitative estimate of drug-likeness (QED) is 0.709. The number of hydrogen-bond donors (Lipinski definition) is 0. The van der Waals surface area contributed by atoms with Crippen molar-refractivity contribution in [3.05, 3.63) is 66.7 Å². The minimum Gasteiger partial charge on any atom is -0.486 e. The second-order valence-electron chi connectivity index (χ2n) is 7.23. The number of hydrogen-bond acceptors (Lipinski definition) is 4. The second kappa shape index (κ2) is 8.39. The molecule has 2 aromatic rings. The van der Waals surface area contributed by atoms with Crippen LogP contribution in [0.3, 0.4) is 0 Å². The topological polar surface area (TPSA) is 59.1 Å². The Bertz CT molecular complexity index is 912. The predicted molar refractivity (Wildman–Crippen MR) is 110 cm³/mol. The Kier molecular flexibility index (Phi) is 5.51. The van der Waals surface area contributed by atoms with Gasteiger partial charge in [0.1, 0.15) is 13.2 Å². The third-order valence-corrected chi connectivity index (χ3v) is 5.19. The molecule has 0 aromatic heterocycles. The van der Waals surface area contributed by atoms with Crippen LogP contribution in [-0.4, -0.2) is 43.0 Å². The molecule has 1 saturated heterocycles. The lowest BCUT2D eigenvalue weighted by molar-refractivity contribution is -0.135. The van der Waals surface area contributed by atoms with Gasteiger partial charge in [-0.25, -0.2) is 0 Å². The van der Waals surface area contributed by atoms with Crippen molar-refractivity contribution in [3.63, 3.8) is 0 Å². The van der Waals surface area contributed by atoms with Gasteiger partial charge in [0.15, 0.2) is 11.5 Å². The van der Waals surface area contributed by atoms with Gasteiger partial charge in [0.25, 0.3) is 0 Å². The van der Waals surface area contributed by atoms with Gasteiger partial charge in [-0.05, 0) is 17.7 Å². The van der Waals surface area contributed by atoms with Crippen molar-refractivity contribution in [3.8, 4) is 11.5 Å². The van der Waals surface area contributed by atoms with E-state index in [9.17, 15) is 9.59 Å². The van der Waals surface area contributed by atoms with Crippen LogP contribution in [0.4, 0.5) is 5.69 Å². The Balaban J connectivity index is 1.48. The molecule has 1 fully saturated rings. The highest BCUT2D eigenvalue weighted by Gasteiger charge is 2.37. The Labute approximate surface area is 170 Å². The van der Waals surface area contributed by atoms with Gasteiger partial charge in [0, 0.05) is 37.8 Å². The number of nitrogens with zero attached hydrogens (tertiary/aromatic N) is 2. The summed E-state index contributed by atoms with van der Waals surface area (Å²) in [6.45, 7) is 6.09. The first-order valence-corrected chi connectivity index (χ1v) is 9.79. The molecule has 6 heteroatoms. The molecule has 6 nitrogen and oxygen atoms in total. The number of benzene rings is 2. The van der Waals surface area contributed by atoms with E-state index in [2.05, 4.69) is 6.58 Å². The number of anilines is 1. The summed E-state index contributed by atoms with van der Waals surface area (Å²) >= 11 is 0. The number of carbonyl (C=O) groups excluding carboxylic acids is 2. The van der Waals surface area contributed by atoms with Crippen LogP contribution < -0.4 is 14.4 Å². The molecule has 1 unspecified atom stereocenters. The molecule has 150 valence electrons. The van der Waals surface area contributed by atoms with Crippen LogP contribution in [0, 0.1) is 5.92 Å². The average molecular weight is 392 g/mol. The van der Waals surface area contributed by atoms with Crippen LogP contribution >= 0.6 is 0 Å². The van der Waals surface area contributed by atoms with Gasteiger partial charge in [-0.3, -0.25) is 9.59 Å². The minimum atomic E-state index is -0.376. The monoisotopic (exact) mass is 392 g/mol. The fraction of sp³-hybridized carbons (Fsp3) is 0.304. The minimum absolute atomic E-state index is 0.0258. The normalized spacial score (nSPS) is 17.9. The summed E-state index contributed by atoms with van der Waals surface area (Å²) in [5.41, 5.74) is 1.78. The molecule has 0 bridgehead atoms. The molecule has 2 amide bonds. The van der Waals surface area contributed by atoms with E-state index in [-0.39, 0.29) is 24.2 Å². The lowest BCUT2D eigenvalue weighted by atomic mass is 10.1. The number of rotatable bonds is 6. The van der Waals surface area contributed by atoms with E-state index in [0.717, 1.165) is 11.3 Å². The van der Waals surface area contributed by atoms with Crippen LogP contribution in [0.25, 0.3) is 0 Å². The fourth-order valence-corrected chi connectivity index (χ4v) is 3.77. The molecule has 0 aliphatic carbocycles. The lowest BCUT2D eigenvalue weighted by Gasteiger charge is -2.25. The molecular formula is C23H24N2O4. The van der Waals surface area contributed by atoms with Gasteiger partial charge in [-0.2, -0.15) is 0 Å². The van der Waals surface area contributed by atoms with E-state index in [4.69, 9.17) is 9.47 Å². The molecule has 2 aliphatic rings. The van der Waals surface area contributed by atoms with Crippen LogP contribution in [-0.2, 0) is 16.1 Å². The summed E-state index contributed by atoms with van der Waals surface area (Å²) in [6, 6.07) is 15.3. The molecular weight excluding hydrogens is 368 g/mol. The van der Waals surface area contributed by atoms with Crippen molar-refractivity contribution in [2.45, 2.75) is 13.0 Å². The van der Waals surface area contributed by atoms with Crippen molar-refractivity contribution in [1.29, 1.82) is 0 Å². The number of fused-ring (bicyclic) bond motifs is 1. The molecule has 29 heavy (non-hydrogen) atoms. The molecule has 2 heterocycles. The van der Waals surface area contributed by atoms with Gasteiger partial charge in [-0.1, -0.05) is 36.4 Å². The summed E-state index contributed by atoms with van der Waals surface area (Å²) in [5.74, 6) is 0.854. The smallest absolute Gasteiger partial charge is 0.228 e. The third-order valence-electron chi connectivity index (χ3n) is 5.19. The first-order valence-electron chi connectivity index (χ1n) is 9.79. The molecule has 1 atom stereocenters. The highest BCUT2D eigenvalue weighted by atomic mass is 16.6. The van der Waals surface area contributed by atoms with E-state index >= 15 is 0 Å². The number of ether oxygens (including phenoxy) is 2. The summed E-state index contributed by atoms with van der Waals surface area (Å²) in [5, 5.41) is 0. The Morgan fingerprint density at radius 3 is 2.66 bits per heavy atom. The summed E-state index contributed by atoms with van der Waals surface area (Å²) in [6.07, 6.45) is 1.92. The average Bonchev–Trinajstić information content (AvgIpc) is 3.15. The number of carbonyl (C=O) groups is 2. The zero-order chi connectivity index (χ0) is 20.2. The van der Waals surface area contributed by atoms with Crippen molar-refractivity contribution >= 4 is 17.5 Å². The van der Waals surface area contributed by atoms with Crippen molar-refractivity contribution in [2.24, 2.45) is 5.92 Å². The highest BCUT2D eigenvalue weighted by molar-refractivity contribution is 6.00. The summed E-state index contributed by atoms with van der Waals surface area (Å²) < 4.78 is 11.2. The van der Waals surface area contributed by atoms with Gasteiger partial charge in [0.05, 0.1) is 5.92 Å². The Morgan fingerprint density at radius 2 is 1.90 bits per heavy atom. The van der Waals surface area contributed by atoms with E-state index < -0.39 is 0 Å². The predicted octanol–water partition coefficient (Wildman–Crippen LogP) is 3.03. The zero-order valence-electron chi connectivity index (χ0n) is 16.3. The zero-order valence-corrected chi connectivity index (χ0v) is 16.3. The molecule has 2 aliphatic heterocycles. The third kappa shape index (κ3) is 4.11. The standard InChI is InChI=1S/C23H24N2O4/c1-2-10-24(15-17-6-4-3-5-7-17)23(27)18-13-22(26)25(16-18)19-8-9-20-21(14-19)29-12-11-28-20/h2-9,14,18H,1,10-13,15-16H2. The molecule has 0 saturated carbocycles. The van der Waals surface area contributed by atoms with E-state index in [1.807, 2.05) is 48.5 Å². The molecule has 4 rings (SSSR count). The van der Waals surface area contributed by atoms with E-state index in [1.165, 1.54) is 0 Å². The van der Waals surface area contributed by atoms with Crippen LogP contribution in [0.1, 0.15) is 12.0 Å². The van der Waals surface area contributed by atoms with Gasteiger partial charge in [-0.15, -0.1) is 6.58 Å². The maximum absolute atomic E-state index is 13.1. The highest BCUT2D eigenvalue weighted by Crippen LogP contribution is 2.36. The fourth-order valence-electron chi connectivity index (χ4n) is 3.77. The molecule has 0 N–H and O–H groups in total. The molecule has 2 aromatic carbocycles. The van der Waals surface area contributed by atoms with Crippen molar-refractivity contribution in [2.75, 3.05) is 31.2 Å². The summed E-state index contributed by atoms with van der Waals surface area (Å²) in [7, 11) is 0. The van der Waals surface area contributed by atoms with Crippen LogP contribution in [0.2, 0.25) is 0 Å². The van der Waals surface area contributed by atoms with Crippen LogP contribution in [0.5, 0.6) is 11.5 Å². The van der Waals surface area contributed by atoms with E-state index in [0.29, 0.717) is 44.3 Å². The first-order chi connectivity index (χ1) is 14.2. The van der Waals surface area contributed by atoms with E-state index in [1.54, 1.807) is 15.9 Å². The molecule has 0 radical (unpaired) electrons. The van der Waals surface area contributed by atoms with Gasteiger partial charge >= 0.3 is 0 Å². The summed E-state index contributed by atoms with van der Waals surface area (Å²) in [4.78, 5) is 29.2. The van der Waals surface area contributed by atoms with Crippen molar-refractivity contribution in [1.82, 2.24) is 4.90 Å². The largest absolute Gasteiger partial charge is 0.486 e. The maximum atomic E-state index is 13.1. The Hall–Kier alpha value is -3.28.